The lowest BCUT2D eigenvalue weighted by molar-refractivity contribution is -0.123. The van der Waals surface area contributed by atoms with Crippen LogP contribution in [-0.2, 0) is 11.2 Å². The number of halogens is 1. The highest BCUT2D eigenvalue weighted by Gasteiger charge is 2.24. The molecule has 0 saturated carbocycles. The molecule has 0 spiro atoms. The first-order valence-electron chi connectivity index (χ1n) is 10.0. The summed E-state index contributed by atoms with van der Waals surface area (Å²) in [5.74, 6) is 0.423. The molecule has 0 aliphatic heterocycles. The number of nitrogens with one attached hydrogen (secondary N) is 2. The molecule has 4 nitrogen and oxygen atoms in total. The van der Waals surface area contributed by atoms with Crippen molar-refractivity contribution in [1.82, 2.24) is 10.6 Å². The zero-order chi connectivity index (χ0) is 21.3. The van der Waals surface area contributed by atoms with Crippen molar-refractivity contribution in [3.63, 3.8) is 0 Å². The number of hydrogen-bond donors (Lipinski definition) is 2. The predicted octanol–water partition coefficient (Wildman–Crippen LogP) is 4.59. The summed E-state index contributed by atoms with van der Waals surface area (Å²) in [6.07, 6.45) is 1.55. The standard InChI is InChI=1S/C25H27FN2O2/c1-27-25(29)24(20-6-4-3-5-7-20)28-23(19-11-13-21(26)14-12-19)17-10-18-8-15-22(30-2)16-9-18/h3-9,11-16,23-24,28H,10,17H2,1-2H3,(H,27,29)/t23-,24?/m0/s1. The molecule has 0 bridgehead atoms. The summed E-state index contributed by atoms with van der Waals surface area (Å²) in [5.41, 5.74) is 2.99. The zero-order valence-corrected chi connectivity index (χ0v) is 17.3. The average molecular weight is 407 g/mol. The fourth-order valence-corrected chi connectivity index (χ4v) is 3.46. The van der Waals surface area contributed by atoms with Gasteiger partial charge < -0.3 is 10.1 Å². The molecule has 0 radical (unpaired) electrons. The second-order valence-corrected chi connectivity index (χ2v) is 7.12. The Balaban J connectivity index is 1.83. The summed E-state index contributed by atoms with van der Waals surface area (Å²) in [6.45, 7) is 0. The van der Waals surface area contributed by atoms with Crippen LogP contribution in [0.4, 0.5) is 4.39 Å². The molecule has 5 heteroatoms. The Morgan fingerprint density at radius 3 is 2.20 bits per heavy atom. The van der Waals surface area contributed by atoms with Crippen LogP contribution in [0, 0.1) is 5.82 Å². The van der Waals surface area contributed by atoms with Crippen molar-refractivity contribution < 1.29 is 13.9 Å². The van der Waals surface area contributed by atoms with E-state index in [1.807, 2.05) is 54.6 Å². The number of hydrogen-bond acceptors (Lipinski definition) is 3. The zero-order valence-electron chi connectivity index (χ0n) is 17.3. The fraction of sp³-hybridized carbons (Fsp3) is 0.240. The van der Waals surface area contributed by atoms with E-state index >= 15 is 0 Å². The van der Waals surface area contributed by atoms with Crippen molar-refractivity contribution in [1.29, 1.82) is 0 Å². The SMILES string of the molecule is CNC(=O)C(N[C@@H](CCc1ccc(OC)cc1)c1ccc(F)cc1)c1ccccc1. The average Bonchev–Trinajstić information content (AvgIpc) is 2.80. The second-order valence-electron chi connectivity index (χ2n) is 7.12. The van der Waals surface area contributed by atoms with Crippen LogP contribution < -0.4 is 15.4 Å². The number of carbonyl (C=O) groups excluding carboxylic acids is 1. The molecule has 1 amide bonds. The van der Waals surface area contributed by atoms with Crippen molar-refractivity contribution >= 4 is 5.91 Å². The molecule has 0 heterocycles. The van der Waals surface area contributed by atoms with E-state index < -0.39 is 6.04 Å². The molecule has 2 atom stereocenters. The second kappa shape index (κ2) is 10.6. The molecule has 30 heavy (non-hydrogen) atoms. The van der Waals surface area contributed by atoms with Crippen molar-refractivity contribution in [2.24, 2.45) is 0 Å². The third-order valence-corrected chi connectivity index (χ3v) is 5.16. The Hall–Kier alpha value is -3.18. The van der Waals surface area contributed by atoms with Crippen molar-refractivity contribution in [2.75, 3.05) is 14.2 Å². The Kier molecular flexibility index (Phi) is 7.57. The summed E-state index contributed by atoms with van der Waals surface area (Å²) < 4.78 is 18.7. The minimum absolute atomic E-state index is 0.113. The lowest BCUT2D eigenvalue weighted by Gasteiger charge is -2.26. The number of amides is 1. The van der Waals surface area contributed by atoms with Gasteiger partial charge in [-0.3, -0.25) is 10.1 Å². The molecule has 1 unspecified atom stereocenters. The van der Waals surface area contributed by atoms with E-state index in [0.29, 0.717) is 0 Å². The molecule has 3 aromatic rings. The number of rotatable bonds is 9. The van der Waals surface area contributed by atoms with E-state index in [9.17, 15) is 9.18 Å². The molecule has 156 valence electrons. The number of benzene rings is 3. The summed E-state index contributed by atoms with van der Waals surface area (Å²) >= 11 is 0. The number of ether oxygens (including phenoxy) is 1. The van der Waals surface area contributed by atoms with Gasteiger partial charge in [0.15, 0.2) is 0 Å². The van der Waals surface area contributed by atoms with Crippen molar-refractivity contribution in [2.45, 2.75) is 24.9 Å². The monoisotopic (exact) mass is 406 g/mol. The van der Waals surface area contributed by atoms with Gasteiger partial charge in [0, 0.05) is 13.1 Å². The van der Waals surface area contributed by atoms with Crippen LogP contribution in [0.1, 0.15) is 35.2 Å². The Labute approximate surface area is 177 Å². The van der Waals surface area contributed by atoms with E-state index in [2.05, 4.69) is 10.6 Å². The van der Waals surface area contributed by atoms with Gasteiger partial charge in [-0.15, -0.1) is 0 Å². The maximum absolute atomic E-state index is 13.5. The van der Waals surface area contributed by atoms with E-state index in [1.165, 1.54) is 17.7 Å². The molecule has 0 aromatic heterocycles. The van der Waals surface area contributed by atoms with Gasteiger partial charge in [0.1, 0.15) is 17.6 Å². The van der Waals surface area contributed by atoms with Gasteiger partial charge in [-0.05, 0) is 53.8 Å². The topological polar surface area (TPSA) is 50.4 Å². The van der Waals surface area contributed by atoms with Crippen LogP contribution in [0.2, 0.25) is 0 Å². The number of methoxy groups -OCH3 is 1. The maximum atomic E-state index is 13.5. The molecule has 0 aliphatic rings. The predicted molar refractivity (Wildman–Crippen MR) is 117 cm³/mol. The van der Waals surface area contributed by atoms with Gasteiger partial charge in [-0.2, -0.15) is 0 Å². The molecule has 3 rings (SSSR count). The number of carbonyl (C=O) groups is 1. The van der Waals surface area contributed by atoms with Gasteiger partial charge >= 0.3 is 0 Å². The van der Waals surface area contributed by atoms with E-state index in [1.54, 1.807) is 26.3 Å². The van der Waals surface area contributed by atoms with Gasteiger partial charge in [0.25, 0.3) is 0 Å². The van der Waals surface area contributed by atoms with Crippen LogP contribution >= 0.6 is 0 Å². The first-order chi connectivity index (χ1) is 14.6. The molecular formula is C25H27FN2O2. The number of likely N-dealkylation sites (N-methyl/N-ethyl adjacent to an activating group) is 1. The Morgan fingerprint density at radius 1 is 0.933 bits per heavy atom. The highest BCUT2D eigenvalue weighted by molar-refractivity contribution is 5.83. The first kappa shape index (κ1) is 21.5. The highest BCUT2D eigenvalue weighted by atomic mass is 19.1. The normalized spacial score (nSPS) is 12.8. The van der Waals surface area contributed by atoms with Crippen molar-refractivity contribution in [3.05, 3.63) is 101 Å². The quantitative estimate of drug-likeness (QED) is 0.547. The van der Waals surface area contributed by atoms with Crippen LogP contribution in [0.5, 0.6) is 5.75 Å². The third kappa shape index (κ3) is 5.67. The van der Waals surface area contributed by atoms with Gasteiger partial charge in [-0.1, -0.05) is 54.6 Å². The van der Waals surface area contributed by atoms with Gasteiger partial charge in [0.05, 0.1) is 7.11 Å². The third-order valence-electron chi connectivity index (χ3n) is 5.16. The van der Waals surface area contributed by atoms with Crippen LogP contribution in [0.25, 0.3) is 0 Å². The largest absolute Gasteiger partial charge is 0.497 e. The summed E-state index contributed by atoms with van der Waals surface area (Å²) in [6, 6.07) is 23.4. The molecule has 2 N–H and O–H groups in total. The molecular weight excluding hydrogens is 379 g/mol. The highest BCUT2D eigenvalue weighted by Crippen LogP contribution is 2.25. The summed E-state index contributed by atoms with van der Waals surface area (Å²) in [4.78, 5) is 12.6. The van der Waals surface area contributed by atoms with Crippen LogP contribution in [0.3, 0.4) is 0 Å². The maximum Gasteiger partial charge on any atom is 0.241 e. The minimum atomic E-state index is -0.512. The first-order valence-corrected chi connectivity index (χ1v) is 10.0. The molecule has 0 saturated heterocycles. The van der Waals surface area contributed by atoms with Gasteiger partial charge in [-0.25, -0.2) is 4.39 Å². The smallest absolute Gasteiger partial charge is 0.241 e. The van der Waals surface area contributed by atoms with Crippen molar-refractivity contribution in [3.8, 4) is 5.75 Å². The minimum Gasteiger partial charge on any atom is -0.497 e. The number of aryl methyl sites for hydroxylation is 1. The molecule has 0 fully saturated rings. The summed E-state index contributed by atoms with van der Waals surface area (Å²) in [5, 5.41) is 6.23. The van der Waals surface area contributed by atoms with E-state index in [0.717, 1.165) is 29.7 Å². The molecule has 3 aromatic carbocycles. The van der Waals surface area contributed by atoms with E-state index in [4.69, 9.17) is 4.74 Å². The lowest BCUT2D eigenvalue weighted by Crippen LogP contribution is -2.38. The molecule has 0 aliphatic carbocycles. The Morgan fingerprint density at radius 2 is 1.60 bits per heavy atom. The van der Waals surface area contributed by atoms with Crippen LogP contribution in [0.15, 0.2) is 78.9 Å². The Bertz CT molecular complexity index is 928. The lowest BCUT2D eigenvalue weighted by atomic mass is 9.96. The van der Waals surface area contributed by atoms with E-state index in [-0.39, 0.29) is 17.8 Å². The fourth-order valence-electron chi connectivity index (χ4n) is 3.46. The van der Waals surface area contributed by atoms with Crippen LogP contribution in [-0.4, -0.2) is 20.1 Å². The summed E-state index contributed by atoms with van der Waals surface area (Å²) in [7, 11) is 3.27. The van der Waals surface area contributed by atoms with Gasteiger partial charge in [0.2, 0.25) is 5.91 Å².